The van der Waals surface area contributed by atoms with E-state index in [0.717, 1.165) is 16.3 Å². The number of carbonyl (C=O) groups is 1. The second-order valence-corrected chi connectivity index (χ2v) is 8.39. The Morgan fingerprint density at radius 3 is 2.79 bits per heavy atom. The average Bonchev–Trinajstić information content (AvgIpc) is 3.45. The molecule has 0 aliphatic rings. The third-order valence-corrected chi connectivity index (χ3v) is 6.12. The van der Waals surface area contributed by atoms with Crippen molar-refractivity contribution in [2.24, 2.45) is 5.73 Å². The van der Waals surface area contributed by atoms with Gasteiger partial charge in [-0.3, -0.25) is 4.79 Å². The van der Waals surface area contributed by atoms with Gasteiger partial charge in [0.25, 0.3) is 0 Å². The average molecular weight is 446 g/mol. The van der Waals surface area contributed by atoms with Crippen LogP contribution in [0.4, 0.5) is 0 Å². The lowest BCUT2D eigenvalue weighted by Gasteiger charge is -2.07. The summed E-state index contributed by atoms with van der Waals surface area (Å²) in [4.78, 5) is 16.6. The van der Waals surface area contributed by atoms with Gasteiger partial charge in [0, 0.05) is 23.6 Å². The number of hydrogen-bond donors (Lipinski definition) is 1. The molecule has 0 radical (unpaired) electrons. The highest BCUT2D eigenvalue weighted by Gasteiger charge is 2.17. The number of aromatic nitrogens is 4. The number of carbonyl (C=O) groups excluding carboxylic acids is 1. The van der Waals surface area contributed by atoms with Crippen LogP contribution in [0, 0.1) is 0 Å². The molecule has 0 aliphatic heterocycles. The number of amides is 1. The number of thiophene rings is 1. The summed E-state index contributed by atoms with van der Waals surface area (Å²) in [6, 6.07) is 11.3. The van der Waals surface area contributed by atoms with E-state index in [1.165, 1.54) is 11.8 Å². The summed E-state index contributed by atoms with van der Waals surface area (Å²) in [6.45, 7) is 0.416. The van der Waals surface area contributed by atoms with E-state index in [9.17, 15) is 4.79 Å². The van der Waals surface area contributed by atoms with E-state index in [2.05, 4.69) is 15.2 Å². The predicted octanol–water partition coefficient (Wildman–Crippen LogP) is 4.48. The minimum Gasteiger partial charge on any atom is -0.440 e. The Labute approximate surface area is 179 Å². The summed E-state index contributed by atoms with van der Waals surface area (Å²) in [5.41, 5.74) is 6.24. The van der Waals surface area contributed by atoms with Gasteiger partial charge in [0.15, 0.2) is 16.7 Å². The molecule has 0 saturated heterocycles. The molecule has 0 aliphatic carbocycles. The Morgan fingerprint density at radius 1 is 1.24 bits per heavy atom. The van der Waals surface area contributed by atoms with Crippen LogP contribution in [0.1, 0.15) is 12.3 Å². The van der Waals surface area contributed by atoms with Crippen LogP contribution in [-0.2, 0) is 17.1 Å². The van der Waals surface area contributed by atoms with Crippen molar-refractivity contribution in [2.75, 3.05) is 0 Å². The van der Waals surface area contributed by atoms with Gasteiger partial charge in [0.2, 0.25) is 11.8 Å². The first kappa shape index (κ1) is 19.7. The fraction of sp³-hybridized carbons (Fsp3) is 0.158. The van der Waals surface area contributed by atoms with Crippen LogP contribution in [0.25, 0.3) is 22.0 Å². The molecule has 0 saturated carbocycles. The van der Waals surface area contributed by atoms with Crippen molar-refractivity contribution in [2.45, 2.75) is 23.9 Å². The van der Waals surface area contributed by atoms with Crippen molar-refractivity contribution < 1.29 is 9.21 Å². The molecular weight excluding hydrogens is 430 g/mol. The Balaban J connectivity index is 1.51. The fourth-order valence-electron chi connectivity index (χ4n) is 2.66. The molecule has 3 aromatic heterocycles. The molecule has 148 valence electrons. The number of hydrogen-bond acceptors (Lipinski definition) is 7. The topological polar surface area (TPSA) is 99.8 Å². The molecule has 4 rings (SSSR count). The third kappa shape index (κ3) is 4.69. The van der Waals surface area contributed by atoms with E-state index in [4.69, 9.17) is 21.8 Å². The van der Waals surface area contributed by atoms with E-state index in [1.807, 2.05) is 34.2 Å². The molecule has 4 aromatic rings. The van der Waals surface area contributed by atoms with Crippen LogP contribution in [0.3, 0.4) is 0 Å². The maximum absolute atomic E-state index is 11.3. The van der Waals surface area contributed by atoms with E-state index in [0.29, 0.717) is 34.1 Å². The standard InChI is InChI=1S/C19H16ClN5O2S2/c20-13-5-3-12(4-6-13)14-10-22-17(27-14)11-29-19-24-23-18(15-2-1-9-28-15)25(19)8-7-16(21)26/h1-6,9-10H,7-8,11H2,(H2,21,26). The summed E-state index contributed by atoms with van der Waals surface area (Å²) in [5.74, 6) is 2.08. The van der Waals surface area contributed by atoms with Gasteiger partial charge in [-0.25, -0.2) is 4.98 Å². The van der Waals surface area contributed by atoms with Gasteiger partial charge in [0.05, 0.1) is 16.8 Å². The van der Waals surface area contributed by atoms with E-state index >= 15 is 0 Å². The number of halogens is 1. The zero-order valence-electron chi connectivity index (χ0n) is 15.1. The molecule has 0 unspecified atom stereocenters. The maximum atomic E-state index is 11.3. The highest BCUT2D eigenvalue weighted by atomic mass is 35.5. The molecular formula is C19H16ClN5O2S2. The van der Waals surface area contributed by atoms with Gasteiger partial charge in [-0.05, 0) is 35.7 Å². The van der Waals surface area contributed by atoms with Crippen LogP contribution < -0.4 is 5.73 Å². The lowest BCUT2D eigenvalue weighted by molar-refractivity contribution is -0.118. The van der Waals surface area contributed by atoms with Gasteiger partial charge in [-0.15, -0.1) is 21.5 Å². The summed E-state index contributed by atoms with van der Waals surface area (Å²) < 4.78 is 7.75. The monoisotopic (exact) mass is 445 g/mol. The second kappa shape index (κ2) is 8.81. The molecule has 0 bridgehead atoms. The van der Waals surface area contributed by atoms with Crippen molar-refractivity contribution in [1.82, 2.24) is 19.7 Å². The fourth-order valence-corrected chi connectivity index (χ4v) is 4.32. The molecule has 7 nitrogen and oxygen atoms in total. The summed E-state index contributed by atoms with van der Waals surface area (Å²) in [5, 5.41) is 11.9. The molecule has 0 fully saturated rings. The molecule has 1 amide bonds. The Kier molecular flexibility index (Phi) is 5.98. The molecule has 1 aromatic carbocycles. The lowest BCUT2D eigenvalue weighted by atomic mass is 10.2. The van der Waals surface area contributed by atoms with Crippen molar-refractivity contribution in [3.63, 3.8) is 0 Å². The highest BCUT2D eigenvalue weighted by molar-refractivity contribution is 7.98. The van der Waals surface area contributed by atoms with Crippen LogP contribution in [0.15, 0.2) is 57.5 Å². The zero-order chi connectivity index (χ0) is 20.2. The minimum atomic E-state index is -0.368. The van der Waals surface area contributed by atoms with E-state index in [-0.39, 0.29) is 12.3 Å². The van der Waals surface area contributed by atoms with Crippen molar-refractivity contribution >= 4 is 40.6 Å². The predicted molar refractivity (Wildman–Crippen MR) is 114 cm³/mol. The second-order valence-electron chi connectivity index (χ2n) is 6.07. The normalized spacial score (nSPS) is 11.1. The number of thioether (sulfide) groups is 1. The SMILES string of the molecule is NC(=O)CCn1c(SCc2ncc(-c3ccc(Cl)cc3)o2)nnc1-c1cccs1. The number of nitrogens with zero attached hydrogens (tertiary/aromatic N) is 4. The number of primary amides is 1. The third-order valence-electron chi connectivity index (χ3n) is 4.05. The molecule has 0 spiro atoms. The molecule has 29 heavy (non-hydrogen) atoms. The Bertz CT molecular complexity index is 1110. The molecule has 2 N–H and O–H groups in total. The summed E-state index contributed by atoms with van der Waals surface area (Å²) in [6.07, 6.45) is 1.90. The Morgan fingerprint density at radius 2 is 2.07 bits per heavy atom. The van der Waals surface area contributed by atoms with Crippen LogP contribution in [0.2, 0.25) is 5.02 Å². The van der Waals surface area contributed by atoms with Gasteiger partial charge < -0.3 is 14.7 Å². The first-order valence-corrected chi connectivity index (χ1v) is 10.9. The quantitative estimate of drug-likeness (QED) is 0.401. The first-order valence-electron chi connectivity index (χ1n) is 8.69. The van der Waals surface area contributed by atoms with Crippen LogP contribution in [-0.4, -0.2) is 25.7 Å². The minimum absolute atomic E-state index is 0.212. The summed E-state index contributed by atoms with van der Waals surface area (Å²) in [7, 11) is 0. The smallest absolute Gasteiger partial charge is 0.219 e. The zero-order valence-corrected chi connectivity index (χ0v) is 17.5. The molecule has 3 heterocycles. The lowest BCUT2D eigenvalue weighted by Crippen LogP contribution is -2.14. The Hall–Kier alpha value is -2.62. The number of benzene rings is 1. The van der Waals surface area contributed by atoms with Crippen molar-refractivity contribution in [1.29, 1.82) is 0 Å². The highest BCUT2D eigenvalue weighted by Crippen LogP contribution is 2.30. The first-order chi connectivity index (χ1) is 14.1. The molecule has 0 atom stereocenters. The van der Waals surface area contributed by atoms with E-state index in [1.54, 1.807) is 29.7 Å². The van der Waals surface area contributed by atoms with Crippen molar-refractivity contribution in [3.8, 4) is 22.0 Å². The maximum Gasteiger partial charge on any atom is 0.219 e. The van der Waals surface area contributed by atoms with Crippen molar-refractivity contribution in [3.05, 3.63) is 58.9 Å². The van der Waals surface area contributed by atoms with E-state index < -0.39 is 0 Å². The van der Waals surface area contributed by atoms with Crippen LogP contribution >= 0.6 is 34.7 Å². The van der Waals surface area contributed by atoms with Gasteiger partial charge >= 0.3 is 0 Å². The van der Waals surface area contributed by atoms with Gasteiger partial charge in [-0.1, -0.05) is 29.4 Å². The molecule has 10 heteroatoms. The van der Waals surface area contributed by atoms with Crippen LogP contribution in [0.5, 0.6) is 0 Å². The largest absolute Gasteiger partial charge is 0.440 e. The van der Waals surface area contributed by atoms with Gasteiger partial charge in [0.1, 0.15) is 0 Å². The number of rotatable bonds is 8. The van der Waals surface area contributed by atoms with Gasteiger partial charge in [-0.2, -0.15) is 0 Å². The number of nitrogens with two attached hydrogens (primary N) is 1. The summed E-state index contributed by atoms with van der Waals surface area (Å²) >= 11 is 8.94. The number of oxazole rings is 1.